The van der Waals surface area contributed by atoms with Crippen molar-refractivity contribution < 1.29 is 14.6 Å². The van der Waals surface area contributed by atoms with E-state index in [-0.39, 0.29) is 17.2 Å². The molecule has 0 radical (unpaired) electrons. The van der Waals surface area contributed by atoms with Gasteiger partial charge in [0.15, 0.2) is 0 Å². The van der Waals surface area contributed by atoms with Gasteiger partial charge in [0.1, 0.15) is 5.75 Å². The molecule has 0 aliphatic rings. The summed E-state index contributed by atoms with van der Waals surface area (Å²) >= 11 is 0. The van der Waals surface area contributed by atoms with Crippen molar-refractivity contribution in [3.63, 3.8) is 0 Å². The van der Waals surface area contributed by atoms with E-state index in [9.17, 15) is 9.90 Å². The van der Waals surface area contributed by atoms with Crippen LogP contribution in [0.15, 0.2) is 18.2 Å². The number of nitrogen functional groups attached to an aromatic ring is 1. The van der Waals surface area contributed by atoms with Crippen LogP contribution >= 0.6 is 0 Å². The highest BCUT2D eigenvalue weighted by molar-refractivity contribution is 5.99. The number of hydrogen-bond acceptors (Lipinski definition) is 4. The van der Waals surface area contributed by atoms with E-state index in [1.165, 1.54) is 18.2 Å². The van der Waals surface area contributed by atoms with E-state index in [0.29, 0.717) is 18.8 Å². The lowest BCUT2D eigenvalue weighted by molar-refractivity contribution is -0.00814. The fourth-order valence-electron chi connectivity index (χ4n) is 1.57. The molecule has 4 N–H and O–H groups in total. The van der Waals surface area contributed by atoms with Crippen molar-refractivity contribution >= 4 is 11.6 Å². The third-order valence-electron chi connectivity index (χ3n) is 2.49. The molecule has 0 spiro atoms. The maximum atomic E-state index is 11.9. The first-order valence-corrected chi connectivity index (χ1v) is 5.86. The van der Waals surface area contributed by atoms with Gasteiger partial charge < -0.3 is 20.9 Å². The van der Waals surface area contributed by atoms with Crippen LogP contribution < -0.4 is 11.1 Å². The van der Waals surface area contributed by atoms with Gasteiger partial charge in [0.25, 0.3) is 5.91 Å². The summed E-state index contributed by atoms with van der Waals surface area (Å²) in [5.74, 6) is -0.311. The van der Waals surface area contributed by atoms with Crippen molar-refractivity contribution in [2.24, 2.45) is 0 Å². The number of benzene rings is 1. The van der Waals surface area contributed by atoms with Gasteiger partial charge in [-0.15, -0.1) is 0 Å². The van der Waals surface area contributed by atoms with E-state index in [4.69, 9.17) is 10.5 Å². The topological polar surface area (TPSA) is 84.6 Å². The van der Waals surface area contributed by atoms with Crippen molar-refractivity contribution in [3.8, 4) is 5.75 Å². The Balaban J connectivity index is 2.69. The first kappa shape index (κ1) is 14.3. The van der Waals surface area contributed by atoms with Crippen molar-refractivity contribution in [2.75, 3.05) is 18.9 Å². The van der Waals surface area contributed by atoms with Gasteiger partial charge in [0, 0.05) is 18.8 Å². The second kappa shape index (κ2) is 5.73. The van der Waals surface area contributed by atoms with Crippen molar-refractivity contribution in [1.29, 1.82) is 0 Å². The fraction of sp³-hybridized carbons (Fsp3) is 0.462. The van der Waals surface area contributed by atoms with E-state index in [2.05, 4.69) is 5.32 Å². The number of aromatic hydroxyl groups is 1. The molecule has 1 rings (SSSR count). The van der Waals surface area contributed by atoms with E-state index >= 15 is 0 Å². The molecule has 18 heavy (non-hydrogen) atoms. The van der Waals surface area contributed by atoms with Crippen LogP contribution in [0.2, 0.25) is 0 Å². The average Bonchev–Trinajstić information content (AvgIpc) is 2.29. The molecule has 0 fully saturated rings. The van der Waals surface area contributed by atoms with Crippen molar-refractivity contribution in [1.82, 2.24) is 5.32 Å². The number of hydrogen-bond donors (Lipinski definition) is 3. The van der Waals surface area contributed by atoms with Crippen LogP contribution in [-0.2, 0) is 4.74 Å². The van der Waals surface area contributed by atoms with Crippen LogP contribution in [0.25, 0.3) is 0 Å². The first-order chi connectivity index (χ1) is 8.35. The number of nitrogens with one attached hydrogen (secondary N) is 1. The summed E-state index contributed by atoms with van der Waals surface area (Å²) in [6, 6.07) is 4.28. The van der Waals surface area contributed by atoms with Crippen molar-refractivity contribution in [3.05, 3.63) is 23.8 Å². The molecule has 5 nitrogen and oxygen atoms in total. The summed E-state index contributed by atoms with van der Waals surface area (Å²) in [7, 11) is 0. The predicted octanol–water partition coefficient (Wildman–Crippen LogP) is 1.52. The molecule has 0 aromatic heterocycles. The Morgan fingerprint density at radius 2 is 2.17 bits per heavy atom. The lowest BCUT2D eigenvalue weighted by Crippen LogP contribution is -2.40. The Bertz CT molecular complexity index is 430. The summed E-state index contributed by atoms with van der Waals surface area (Å²) in [6.45, 7) is 6.63. The molecule has 0 heterocycles. The summed E-state index contributed by atoms with van der Waals surface area (Å²) in [5, 5.41) is 12.1. The minimum atomic E-state index is -0.435. The highest BCUT2D eigenvalue weighted by Crippen LogP contribution is 2.18. The highest BCUT2D eigenvalue weighted by Gasteiger charge is 2.19. The number of rotatable bonds is 5. The van der Waals surface area contributed by atoms with Crippen LogP contribution in [0, 0.1) is 0 Å². The zero-order valence-electron chi connectivity index (χ0n) is 11.0. The Morgan fingerprint density at radius 1 is 1.50 bits per heavy atom. The minimum Gasteiger partial charge on any atom is -0.508 e. The molecule has 0 aliphatic heterocycles. The first-order valence-electron chi connectivity index (χ1n) is 5.86. The number of amides is 1. The van der Waals surface area contributed by atoms with Crippen LogP contribution in [0.4, 0.5) is 5.69 Å². The molecule has 100 valence electrons. The van der Waals surface area contributed by atoms with Gasteiger partial charge in [-0.05, 0) is 39.0 Å². The molecular formula is C13H20N2O3. The number of phenolic OH excluding ortho intramolecular Hbond substituents is 1. The zero-order chi connectivity index (χ0) is 13.8. The lowest BCUT2D eigenvalue weighted by atomic mass is 10.1. The second-order valence-electron chi connectivity index (χ2n) is 4.65. The Labute approximate surface area is 107 Å². The number of carbonyl (C=O) groups excluding carboxylic acids is 1. The fourth-order valence-corrected chi connectivity index (χ4v) is 1.57. The smallest absolute Gasteiger partial charge is 0.253 e. The normalized spacial score (nSPS) is 11.3. The maximum absolute atomic E-state index is 11.9. The number of nitrogens with two attached hydrogens (primary N) is 1. The molecule has 5 heteroatoms. The number of phenols is 1. The lowest BCUT2D eigenvalue weighted by Gasteiger charge is -2.25. The van der Waals surface area contributed by atoms with Crippen LogP contribution in [0.5, 0.6) is 5.75 Å². The van der Waals surface area contributed by atoms with Crippen molar-refractivity contribution in [2.45, 2.75) is 26.4 Å². The highest BCUT2D eigenvalue weighted by atomic mass is 16.5. The standard InChI is InChI=1S/C13H20N2O3/c1-4-18-13(2,3)8-15-12(17)10-7-9(16)5-6-11(10)14/h5-7,16H,4,8,14H2,1-3H3,(H,15,17). The number of carbonyl (C=O) groups is 1. The predicted molar refractivity (Wildman–Crippen MR) is 70.6 cm³/mol. The average molecular weight is 252 g/mol. The summed E-state index contributed by atoms with van der Waals surface area (Å²) in [6.07, 6.45) is 0. The number of anilines is 1. The van der Waals surface area contributed by atoms with E-state index in [0.717, 1.165) is 0 Å². The number of ether oxygens (including phenoxy) is 1. The molecule has 0 bridgehead atoms. The Kier molecular flexibility index (Phi) is 4.55. The van der Waals surface area contributed by atoms with E-state index in [1.807, 2.05) is 20.8 Å². The quantitative estimate of drug-likeness (QED) is 0.548. The monoisotopic (exact) mass is 252 g/mol. The molecule has 1 aromatic rings. The van der Waals surface area contributed by atoms with Crippen LogP contribution in [0.1, 0.15) is 31.1 Å². The third-order valence-corrected chi connectivity index (χ3v) is 2.49. The van der Waals surface area contributed by atoms with Gasteiger partial charge >= 0.3 is 0 Å². The van der Waals surface area contributed by atoms with Gasteiger partial charge in [0.05, 0.1) is 11.2 Å². The maximum Gasteiger partial charge on any atom is 0.253 e. The third kappa shape index (κ3) is 3.92. The van der Waals surface area contributed by atoms with Gasteiger partial charge in [-0.1, -0.05) is 0 Å². The minimum absolute atomic E-state index is 0.0124. The molecule has 0 aliphatic carbocycles. The van der Waals surface area contributed by atoms with Gasteiger partial charge in [-0.2, -0.15) is 0 Å². The largest absolute Gasteiger partial charge is 0.508 e. The molecule has 0 saturated heterocycles. The van der Waals surface area contributed by atoms with E-state index < -0.39 is 5.60 Å². The van der Waals surface area contributed by atoms with Crippen LogP contribution in [0.3, 0.4) is 0 Å². The Hall–Kier alpha value is -1.75. The molecule has 0 unspecified atom stereocenters. The molecule has 0 saturated carbocycles. The van der Waals surface area contributed by atoms with E-state index in [1.54, 1.807) is 0 Å². The van der Waals surface area contributed by atoms with Gasteiger partial charge in [-0.25, -0.2) is 0 Å². The molecule has 0 atom stereocenters. The van der Waals surface area contributed by atoms with Crippen LogP contribution in [-0.4, -0.2) is 29.8 Å². The summed E-state index contributed by atoms with van der Waals surface area (Å²) in [5.41, 5.74) is 5.85. The Morgan fingerprint density at radius 3 is 2.78 bits per heavy atom. The van der Waals surface area contributed by atoms with Gasteiger partial charge in [-0.3, -0.25) is 4.79 Å². The molecular weight excluding hydrogens is 232 g/mol. The summed E-state index contributed by atoms with van der Waals surface area (Å²) < 4.78 is 5.47. The SMILES string of the molecule is CCOC(C)(C)CNC(=O)c1cc(O)ccc1N. The molecule has 1 amide bonds. The second-order valence-corrected chi connectivity index (χ2v) is 4.65. The summed E-state index contributed by atoms with van der Waals surface area (Å²) in [4.78, 5) is 11.9. The zero-order valence-corrected chi connectivity index (χ0v) is 11.0. The molecule has 1 aromatic carbocycles. The van der Waals surface area contributed by atoms with Gasteiger partial charge in [0.2, 0.25) is 0 Å².